The van der Waals surface area contributed by atoms with Crippen molar-refractivity contribution in [3.63, 3.8) is 0 Å². The van der Waals surface area contributed by atoms with Crippen molar-refractivity contribution in [1.29, 1.82) is 0 Å². The third kappa shape index (κ3) is 2.93. The summed E-state index contributed by atoms with van der Waals surface area (Å²) in [6, 6.07) is 2.62. The summed E-state index contributed by atoms with van der Waals surface area (Å²) in [7, 11) is 0. The molecule has 0 N–H and O–H groups in total. The van der Waals surface area contributed by atoms with E-state index in [4.69, 9.17) is 0 Å². The molecule has 0 fully saturated rings. The average Bonchev–Trinajstić information content (AvgIpc) is 2.34. The summed E-state index contributed by atoms with van der Waals surface area (Å²) in [6.07, 6.45) is -15.4. The van der Waals surface area contributed by atoms with E-state index in [1.54, 1.807) is 0 Å². The first-order valence-corrected chi connectivity index (χ1v) is 5.34. The molecule has 0 saturated carbocycles. The summed E-state index contributed by atoms with van der Waals surface area (Å²) in [4.78, 5) is 9.41. The van der Waals surface area contributed by atoms with Crippen molar-refractivity contribution in [3.05, 3.63) is 39.9 Å². The van der Waals surface area contributed by atoms with E-state index < -0.39 is 40.1 Å². The summed E-state index contributed by atoms with van der Waals surface area (Å²) in [6.45, 7) is -0.323. The van der Waals surface area contributed by atoms with Crippen LogP contribution in [0.25, 0.3) is 0 Å². The second kappa shape index (κ2) is 5.15. The maximum absolute atomic E-state index is 14.0. The fraction of sp³-hybridized carbons (Fsp3) is 0.455. The molecular formula is C11H8F7NO2. The first-order valence-electron chi connectivity index (χ1n) is 5.34. The molecule has 21 heavy (non-hydrogen) atoms. The van der Waals surface area contributed by atoms with Crippen LogP contribution in [-0.2, 0) is 0 Å². The largest absolute Gasteiger partial charge is 0.406 e. The normalized spacial score (nSPS) is 14.9. The van der Waals surface area contributed by atoms with Crippen molar-refractivity contribution in [1.82, 2.24) is 0 Å². The molecule has 118 valence electrons. The van der Waals surface area contributed by atoms with Crippen molar-refractivity contribution in [2.24, 2.45) is 5.41 Å². The highest BCUT2D eigenvalue weighted by Gasteiger charge is 2.72. The summed E-state index contributed by atoms with van der Waals surface area (Å²) in [5.41, 5.74) is -6.54. The van der Waals surface area contributed by atoms with Gasteiger partial charge in [-0.15, -0.1) is 0 Å². The summed E-state index contributed by atoms with van der Waals surface area (Å²) in [5.74, 6) is 0. The number of nitro groups is 1. The minimum atomic E-state index is -5.92. The Bertz CT molecular complexity index is 524. The van der Waals surface area contributed by atoms with E-state index in [1.165, 1.54) is 0 Å². The van der Waals surface area contributed by atoms with E-state index in [0.29, 0.717) is 12.1 Å². The number of nitro benzene ring substituents is 1. The van der Waals surface area contributed by atoms with E-state index in [0.717, 1.165) is 12.1 Å². The van der Waals surface area contributed by atoms with Gasteiger partial charge < -0.3 is 0 Å². The smallest absolute Gasteiger partial charge is 0.258 e. The van der Waals surface area contributed by atoms with Crippen LogP contribution in [0.5, 0.6) is 0 Å². The summed E-state index contributed by atoms with van der Waals surface area (Å²) >= 11 is 0. The Kier molecular flexibility index (Phi) is 4.22. The molecular weight excluding hydrogens is 311 g/mol. The molecule has 0 aliphatic heterocycles. The molecule has 0 aliphatic rings. The zero-order chi connectivity index (χ0) is 16.6. The van der Waals surface area contributed by atoms with Crippen molar-refractivity contribution < 1.29 is 35.7 Å². The first kappa shape index (κ1) is 17.2. The van der Waals surface area contributed by atoms with Crippen molar-refractivity contribution in [3.8, 4) is 0 Å². The molecule has 3 nitrogen and oxygen atoms in total. The molecule has 0 radical (unpaired) electrons. The molecule has 1 atom stereocenters. The second-order valence-electron chi connectivity index (χ2n) is 4.41. The summed E-state index contributed by atoms with van der Waals surface area (Å²) < 4.78 is 90.2. The number of halogens is 7. The molecule has 0 amide bonds. The Labute approximate surface area is 113 Å². The highest BCUT2D eigenvalue weighted by molar-refractivity contribution is 5.36. The zero-order valence-corrected chi connectivity index (χ0v) is 10.3. The van der Waals surface area contributed by atoms with Gasteiger partial charge in [0.05, 0.1) is 4.92 Å². The molecule has 10 heteroatoms. The number of benzene rings is 1. The topological polar surface area (TPSA) is 43.1 Å². The molecule has 0 bridgehead atoms. The molecule has 0 aromatic heterocycles. The van der Waals surface area contributed by atoms with Crippen LogP contribution in [0.4, 0.5) is 36.4 Å². The number of hydrogen-bond acceptors (Lipinski definition) is 2. The Balaban J connectivity index is 3.41. The predicted molar refractivity (Wildman–Crippen MR) is 57.2 cm³/mol. The highest BCUT2D eigenvalue weighted by Crippen LogP contribution is 2.58. The Morgan fingerprint density at radius 1 is 1.10 bits per heavy atom. The third-order valence-corrected chi connectivity index (χ3v) is 3.06. The van der Waals surface area contributed by atoms with Crippen LogP contribution < -0.4 is 0 Å². The number of non-ortho nitro benzene ring substituents is 1. The van der Waals surface area contributed by atoms with Crippen LogP contribution >= 0.6 is 0 Å². The van der Waals surface area contributed by atoms with Crippen LogP contribution in [-0.4, -0.2) is 17.3 Å². The van der Waals surface area contributed by atoms with Crippen LogP contribution in [0.2, 0.25) is 0 Å². The SMILES string of the molecule is CC(C(F)c1cccc([N+](=O)[O-])c1)(C(F)(F)F)C(F)(F)F. The highest BCUT2D eigenvalue weighted by atomic mass is 19.4. The molecule has 0 spiro atoms. The lowest BCUT2D eigenvalue weighted by Gasteiger charge is -2.36. The molecule has 1 aromatic rings. The maximum atomic E-state index is 14.0. The quantitative estimate of drug-likeness (QED) is 0.459. The van der Waals surface area contributed by atoms with Gasteiger partial charge in [0, 0.05) is 12.1 Å². The lowest BCUT2D eigenvalue weighted by atomic mass is 9.80. The van der Waals surface area contributed by atoms with Gasteiger partial charge in [-0.2, -0.15) is 26.3 Å². The lowest BCUT2D eigenvalue weighted by Crippen LogP contribution is -2.50. The fourth-order valence-corrected chi connectivity index (χ4v) is 1.58. The number of nitrogens with zero attached hydrogens (tertiary/aromatic N) is 1. The third-order valence-electron chi connectivity index (χ3n) is 3.06. The Morgan fingerprint density at radius 3 is 1.95 bits per heavy atom. The van der Waals surface area contributed by atoms with Gasteiger partial charge in [0.15, 0.2) is 5.41 Å². The lowest BCUT2D eigenvalue weighted by molar-refractivity contribution is -0.385. The number of alkyl halides is 7. The number of hydrogen-bond donors (Lipinski definition) is 0. The van der Waals surface area contributed by atoms with Gasteiger partial charge >= 0.3 is 12.4 Å². The van der Waals surface area contributed by atoms with Gasteiger partial charge in [0.2, 0.25) is 0 Å². The standard InChI is InChI=1S/C11H8F7NO2/c1-9(10(13,14)15,11(16,17)18)8(12)6-3-2-4-7(5-6)19(20)21/h2-5,8H,1H3. The molecule has 1 unspecified atom stereocenters. The molecule has 1 aromatic carbocycles. The fourth-order valence-electron chi connectivity index (χ4n) is 1.58. The monoisotopic (exact) mass is 319 g/mol. The van der Waals surface area contributed by atoms with E-state index >= 15 is 0 Å². The molecule has 0 aliphatic carbocycles. The van der Waals surface area contributed by atoms with Crippen LogP contribution in [0.15, 0.2) is 24.3 Å². The second-order valence-corrected chi connectivity index (χ2v) is 4.41. The van der Waals surface area contributed by atoms with E-state index in [-0.39, 0.29) is 6.92 Å². The first-order chi connectivity index (χ1) is 9.32. The van der Waals surface area contributed by atoms with Crippen molar-refractivity contribution in [2.75, 3.05) is 0 Å². The Hall–Kier alpha value is -1.87. The van der Waals surface area contributed by atoms with Gasteiger partial charge in [0.25, 0.3) is 5.69 Å². The molecule has 0 heterocycles. The maximum Gasteiger partial charge on any atom is 0.406 e. The van der Waals surface area contributed by atoms with Crippen molar-refractivity contribution in [2.45, 2.75) is 25.4 Å². The average molecular weight is 319 g/mol. The van der Waals surface area contributed by atoms with Crippen molar-refractivity contribution >= 4 is 5.69 Å². The molecule has 1 rings (SSSR count). The van der Waals surface area contributed by atoms with Crippen LogP contribution in [0.3, 0.4) is 0 Å². The van der Waals surface area contributed by atoms with Crippen LogP contribution in [0.1, 0.15) is 18.7 Å². The minimum absolute atomic E-state index is 0.323. The molecule has 0 saturated heterocycles. The van der Waals surface area contributed by atoms with Crippen LogP contribution in [0, 0.1) is 15.5 Å². The van der Waals surface area contributed by atoms with Gasteiger partial charge in [-0.05, 0) is 12.5 Å². The van der Waals surface area contributed by atoms with E-state index in [2.05, 4.69) is 0 Å². The van der Waals surface area contributed by atoms with E-state index in [9.17, 15) is 40.8 Å². The number of rotatable bonds is 3. The van der Waals surface area contributed by atoms with Gasteiger partial charge in [-0.25, -0.2) is 4.39 Å². The van der Waals surface area contributed by atoms with E-state index in [1.807, 2.05) is 0 Å². The predicted octanol–water partition coefficient (Wildman–Crippen LogP) is 4.74. The van der Waals surface area contributed by atoms with Gasteiger partial charge in [-0.1, -0.05) is 12.1 Å². The summed E-state index contributed by atoms with van der Waals surface area (Å²) in [5, 5.41) is 10.5. The van der Waals surface area contributed by atoms with Gasteiger partial charge in [0.1, 0.15) is 6.17 Å². The zero-order valence-electron chi connectivity index (χ0n) is 10.3. The van der Waals surface area contributed by atoms with Gasteiger partial charge in [-0.3, -0.25) is 10.1 Å². The minimum Gasteiger partial charge on any atom is -0.258 e. The Morgan fingerprint density at radius 2 is 1.57 bits per heavy atom.